The summed E-state index contributed by atoms with van der Waals surface area (Å²) in [6.07, 6.45) is 7.13. The monoisotopic (exact) mass is 314 g/mol. The third-order valence-electron chi connectivity index (χ3n) is 4.30. The molecule has 0 radical (unpaired) electrons. The molecule has 0 N–H and O–H groups in total. The predicted molar refractivity (Wildman–Crippen MR) is 94.8 cm³/mol. The van der Waals surface area contributed by atoms with Crippen molar-refractivity contribution in [1.29, 1.82) is 0 Å². The highest BCUT2D eigenvalue weighted by Gasteiger charge is 2.13. The number of fused-ring (bicyclic) bond motifs is 1. The van der Waals surface area contributed by atoms with Gasteiger partial charge in [0.05, 0.1) is 13.2 Å². The summed E-state index contributed by atoms with van der Waals surface area (Å²) in [5.74, 6) is 2.69. The first kappa shape index (κ1) is 15.9. The van der Waals surface area contributed by atoms with Crippen LogP contribution in [0.25, 0.3) is 10.8 Å². The first-order valence-electron chi connectivity index (χ1n) is 8.76. The van der Waals surface area contributed by atoms with E-state index < -0.39 is 0 Å². The Morgan fingerprint density at radius 2 is 1.48 bits per heavy atom. The van der Waals surface area contributed by atoms with Crippen LogP contribution in [0.4, 0.5) is 5.82 Å². The zero-order chi connectivity index (χ0) is 16.1. The molecule has 1 saturated heterocycles. The number of nitrogens with zero attached hydrogens (tertiary/aromatic N) is 2. The van der Waals surface area contributed by atoms with Gasteiger partial charge in [0.1, 0.15) is 5.82 Å². The average Bonchev–Trinajstić information content (AvgIpc) is 2.85. The fourth-order valence-electron chi connectivity index (χ4n) is 3.15. The zero-order valence-corrected chi connectivity index (χ0v) is 14.2. The highest BCUT2D eigenvalue weighted by molar-refractivity contribution is 5.87. The second kappa shape index (κ2) is 7.53. The Balaban J connectivity index is 1.95. The lowest BCUT2D eigenvalue weighted by molar-refractivity contribution is 0.288. The van der Waals surface area contributed by atoms with E-state index in [0.29, 0.717) is 13.2 Å². The topological polar surface area (TPSA) is 34.6 Å². The van der Waals surface area contributed by atoms with Crippen LogP contribution >= 0.6 is 0 Å². The van der Waals surface area contributed by atoms with Crippen LogP contribution in [-0.4, -0.2) is 31.3 Å². The molecule has 0 unspecified atom stereocenters. The Hall–Kier alpha value is -1.97. The fraction of sp³-hybridized carbons (Fsp3) is 0.526. The Morgan fingerprint density at radius 1 is 0.870 bits per heavy atom. The molecule has 0 aliphatic carbocycles. The van der Waals surface area contributed by atoms with Crippen LogP contribution in [0, 0.1) is 0 Å². The normalized spacial score (nSPS) is 15.5. The smallest absolute Gasteiger partial charge is 0.161 e. The van der Waals surface area contributed by atoms with Crippen LogP contribution in [0.15, 0.2) is 24.4 Å². The average molecular weight is 314 g/mol. The molecule has 0 atom stereocenters. The quantitative estimate of drug-likeness (QED) is 0.818. The molecule has 1 aliphatic rings. The highest BCUT2D eigenvalue weighted by atomic mass is 16.5. The molecule has 1 aromatic heterocycles. The minimum absolute atomic E-state index is 0.630. The van der Waals surface area contributed by atoms with Crippen molar-refractivity contribution in [2.24, 2.45) is 0 Å². The summed E-state index contributed by atoms with van der Waals surface area (Å²) >= 11 is 0. The van der Waals surface area contributed by atoms with E-state index in [1.807, 2.05) is 26.1 Å². The standard InChI is InChI=1S/C19H26N2O2/c1-3-22-17-11-15-13-19(21-9-7-5-6-8-10-21)20-14-16(15)12-18(17)23-4-2/h11-14H,3-10H2,1-2H3. The molecule has 4 nitrogen and oxygen atoms in total. The molecule has 1 aromatic carbocycles. The molecule has 1 fully saturated rings. The summed E-state index contributed by atoms with van der Waals surface area (Å²) in [4.78, 5) is 7.08. The lowest BCUT2D eigenvalue weighted by Gasteiger charge is -2.22. The van der Waals surface area contributed by atoms with Crippen molar-refractivity contribution in [1.82, 2.24) is 4.98 Å². The maximum absolute atomic E-state index is 5.74. The van der Waals surface area contributed by atoms with E-state index in [9.17, 15) is 0 Å². The molecule has 124 valence electrons. The second-order valence-corrected chi connectivity index (χ2v) is 5.96. The third-order valence-corrected chi connectivity index (χ3v) is 4.30. The molecule has 0 bridgehead atoms. The van der Waals surface area contributed by atoms with Crippen molar-refractivity contribution in [2.45, 2.75) is 39.5 Å². The highest BCUT2D eigenvalue weighted by Crippen LogP contribution is 2.34. The minimum Gasteiger partial charge on any atom is -0.490 e. The molecule has 1 aliphatic heterocycles. The molecule has 4 heteroatoms. The van der Waals surface area contributed by atoms with E-state index in [-0.39, 0.29) is 0 Å². The number of hydrogen-bond acceptors (Lipinski definition) is 4. The van der Waals surface area contributed by atoms with E-state index in [0.717, 1.165) is 41.2 Å². The summed E-state index contributed by atoms with van der Waals surface area (Å²) in [6.45, 7) is 7.46. The number of aromatic nitrogens is 1. The van der Waals surface area contributed by atoms with Crippen molar-refractivity contribution in [2.75, 3.05) is 31.2 Å². The summed E-state index contributed by atoms with van der Waals surface area (Å²) in [5.41, 5.74) is 0. The number of pyridine rings is 1. The van der Waals surface area contributed by atoms with E-state index in [1.54, 1.807) is 0 Å². The predicted octanol–water partition coefficient (Wildman–Crippen LogP) is 4.41. The number of hydrogen-bond donors (Lipinski definition) is 0. The minimum atomic E-state index is 0.630. The van der Waals surface area contributed by atoms with Crippen molar-refractivity contribution in [3.05, 3.63) is 24.4 Å². The number of ether oxygens (including phenoxy) is 2. The van der Waals surface area contributed by atoms with Crippen LogP contribution in [0.5, 0.6) is 11.5 Å². The largest absolute Gasteiger partial charge is 0.490 e. The van der Waals surface area contributed by atoms with E-state index in [1.165, 1.54) is 25.7 Å². The lowest BCUT2D eigenvalue weighted by atomic mass is 10.1. The van der Waals surface area contributed by atoms with Gasteiger partial charge in [-0.3, -0.25) is 0 Å². The first-order chi connectivity index (χ1) is 11.3. The molecule has 0 amide bonds. The molecule has 0 saturated carbocycles. The number of anilines is 1. The Bertz CT molecular complexity index is 649. The van der Waals surface area contributed by atoms with E-state index >= 15 is 0 Å². The Labute approximate surface area is 138 Å². The molecule has 2 heterocycles. The van der Waals surface area contributed by atoms with Crippen molar-refractivity contribution in [3.63, 3.8) is 0 Å². The molecule has 0 spiro atoms. The summed E-state index contributed by atoms with van der Waals surface area (Å²) in [5, 5.41) is 2.25. The number of benzene rings is 1. The van der Waals surface area contributed by atoms with Gasteiger partial charge in [0.2, 0.25) is 0 Å². The molecule has 3 rings (SSSR count). The van der Waals surface area contributed by atoms with Crippen LogP contribution in [0.1, 0.15) is 39.5 Å². The number of rotatable bonds is 5. The summed E-state index contributed by atoms with van der Waals surface area (Å²) in [6, 6.07) is 6.29. The van der Waals surface area contributed by atoms with E-state index in [2.05, 4.69) is 22.0 Å². The van der Waals surface area contributed by atoms with Crippen molar-refractivity contribution < 1.29 is 9.47 Å². The van der Waals surface area contributed by atoms with Gasteiger partial charge in [-0.1, -0.05) is 12.8 Å². The van der Waals surface area contributed by atoms with Crippen LogP contribution in [0.3, 0.4) is 0 Å². The van der Waals surface area contributed by atoms with Crippen LogP contribution in [0.2, 0.25) is 0 Å². The van der Waals surface area contributed by atoms with Crippen molar-refractivity contribution >= 4 is 16.6 Å². The van der Waals surface area contributed by atoms with Gasteiger partial charge >= 0.3 is 0 Å². The molecule has 23 heavy (non-hydrogen) atoms. The van der Waals surface area contributed by atoms with Gasteiger partial charge in [-0.05, 0) is 50.3 Å². The van der Waals surface area contributed by atoms with Crippen molar-refractivity contribution in [3.8, 4) is 11.5 Å². The van der Waals surface area contributed by atoms with Gasteiger partial charge in [0, 0.05) is 24.7 Å². The SMILES string of the molecule is CCOc1cc2cnc(N3CCCCCC3)cc2cc1OCC. The summed E-state index contributed by atoms with van der Waals surface area (Å²) in [7, 11) is 0. The first-order valence-corrected chi connectivity index (χ1v) is 8.76. The van der Waals surface area contributed by atoms with Gasteiger partial charge in [0.25, 0.3) is 0 Å². The van der Waals surface area contributed by atoms with Crippen LogP contribution < -0.4 is 14.4 Å². The molecular weight excluding hydrogens is 288 g/mol. The summed E-state index contributed by atoms with van der Waals surface area (Å²) < 4.78 is 11.4. The Kier molecular flexibility index (Phi) is 5.21. The maximum atomic E-state index is 5.74. The van der Waals surface area contributed by atoms with Gasteiger partial charge < -0.3 is 14.4 Å². The lowest BCUT2D eigenvalue weighted by Crippen LogP contribution is -2.24. The zero-order valence-electron chi connectivity index (χ0n) is 14.2. The van der Waals surface area contributed by atoms with E-state index in [4.69, 9.17) is 9.47 Å². The van der Waals surface area contributed by atoms with Gasteiger partial charge in [-0.2, -0.15) is 0 Å². The second-order valence-electron chi connectivity index (χ2n) is 5.96. The third kappa shape index (κ3) is 3.69. The van der Waals surface area contributed by atoms with Gasteiger partial charge in [-0.15, -0.1) is 0 Å². The maximum Gasteiger partial charge on any atom is 0.161 e. The van der Waals surface area contributed by atoms with Gasteiger partial charge in [0.15, 0.2) is 11.5 Å². The Morgan fingerprint density at radius 3 is 2.09 bits per heavy atom. The van der Waals surface area contributed by atoms with Gasteiger partial charge in [-0.25, -0.2) is 4.98 Å². The molecular formula is C19H26N2O2. The van der Waals surface area contributed by atoms with Crippen LogP contribution in [-0.2, 0) is 0 Å². The fourth-order valence-corrected chi connectivity index (χ4v) is 3.15. The molecule has 2 aromatic rings.